The standard InChI is InChI=1S/C17H14N2O2/c20-16-10-15(18-11-12-6-2-1-3-7-12)17(21)19-14-9-5-4-8-13(14)16/h1-10,18H,11H2,(H,19,21). The molecule has 1 heterocycles. The molecule has 0 spiro atoms. The van der Waals surface area contributed by atoms with E-state index in [1.54, 1.807) is 24.3 Å². The van der Waals surface area contributed by atoms with Crippen molar-refractivity contribution in [2.75, 3.05) is 5.32 Å². The van der Waals surface area contributed by atoms with Crippen LogP contribution in [0.3, 0.4) is 0 Å². The van der Waals surface area contributed by atoms with Gasteiger partial charge in [-0.25, -0.2) is 0 Å². The Bertz CT molecular complexity index is 886. The van der Waals surface area contributed by atoms with Crippen molar-refractivity contribution in [3.8, 4) is 0 Å². The number of benzene rings is 2. The third-order valence-electron chi connectivity index (χ3n) is 3.29. The number of hydrogen-bond donors (Lipinski definition) is 2. The Morgan fingerprint density at radius 1 is 0.905 bits per heavy atom. The monoisotopic (exact) mass is 278 g/mol. The number of aromatic amines is 1. The molecule has 0 saturated heterocycles. The summed E-state index contributed by atoms with van der Waals surface area (Å²) in [7, 11) is 0. The summed E-state index contributed by atoms with van der Waals surface area (Å²) in [4.78, 5) is 27.1. The van der Waals surface area contributed by atoms with Crippen molar-refractivity contribution < 1.29 is 0 Å². The molecule has 2 N–H and O–H groups in total. The van der Waals surface area contributed by atoms with E-state index < -0.39 is 0 Å². The number of hydrogen-bond acceptors (Lipinski definition) is 3. The maximum absolute atomic E-state index is 12.2. The highest BCUT2D eigenvalue weighted by molar-refractivity contribution is 5.78. The van der Waals surface area contributed by atoms with Crippen molar-refractivity contribution in [2.45, 2.75) is 6.54 Å². The molecule has 0 amide bonds. The average molecular weight is 278 g/mol. The maximum atomic E-state index is 12.2. The van der Waals surface area contributed by atoms with Crippen molar-refractivity contribution in [1.29, 1.82) is 0 Å². The molecule has 4 nitrogen and oxygen atoms in total. The second kappa shape index (κ2) is 5.63. The van der Waals surface area contributed by atoms with Gasteiger partial charge >= 0.3 is 0 Å². The summed E-state index contributed by atoms with van der Waals surface area (Å²) >= 11 is 0. The molecule has 3 aromatic rings. The molecule has 0 fully saturated rings. The van der Waals surface area contributed by atoms with Crippen LogP contribution in [0.15, 0.2) is 70.3 Å². The van der Waals surface area contributed by atoms with Gasteiger partial charge in [-0.05, 0) is 17.7 Å². The van der Waals surface area contributed by atoms with Crippen LogP contribution in [-0.2, 0) is 6.54 Å². The Labute approximate surface area is 121 Å². The maximum Gasteiger partial charge on any atom is 0.271 e. The minimum atomic E-state index is -0.302. The molecule has 21 heavy (non-hydrogen) atoms. The zero-order valence-corrected chi connectivity index (χ0v) is 11.3. The molecular weight excluding hydrogens is 264 g/mol. The van der Waals surface area contributed by atoms with E-state index in [2.05, 4.69) is 10.3 Å². The Morgan fingerprint density at radius 2 is 1.62 bits per heavy atom. The topological polar surface area (TPSA) is 62.0 Å². The molecule has 104 valence electrons. The smallest absolute Gasteiger partial charge is 0.271 e. The summed E-state index contributed by atoms with van der Waals surface area (Å²) < 4.78 is 0. The molecule has 0 radical (unpaired) electrons. The van der Waals surface area contributed by atoms with Gasteiger partial charge in [0.2, 0.25) is 0 Å². The largest absolute Gasteiger partial charge is 0.376 e. The molecule has 4 heteroatoms. The molecule has 0 aliphatic heterocycles. The van der Waals surface area contributed by atoms with Gasteiger partial charge in [0, 0.05) is 18.0 Å². The van der Waals surface area contributed by atoms with Gasteiger partial charge in [0.1, 0.15) is 5.69 Å². The first-order chi connectivity index (χ1) is 10.2. The zero-order valence-electron chi connectivity index (χ0n) is 11.3. The number of fused-ring (bicyclic) bond motifs is 1. The van der Waals surface area contributed by atoms with E-state index in [0.29, 0.717) is 17.4 Å². The second-order valence-corrected chi connectivity index (χ2v) is 4.76. The molecule has 3 rings (SSSR count). The van der Waals surface area contributed by atoms with Crippen LogP contribution in [0.5, 0.6) is 0 Å². The van der Waals surface area contributed by atoms with Crippen LogP contribution in [-0.4, -0.2) is 4.98 Å². The molecule has 0 saturated carbocycles. The summed E-state index contributed by atoms with van der Waals surface area (Å²) in [6.45, 7) is 0.490. The van der Waals surface area contributed by atoms with Crippen molar-refractivity contribution in [3.63, 3.8) is 0 Å². The molecule has 0 aliphatic carbocycles. The SMILES string of the molecule is O=c1[nH]c2ccccc2c(=O)cc1NCc1ccccc1. The number of anilines is 1. The van der Waals surface area contributed by atoms with Crippen LogP contribution in [0, 0.1) is 0 Å². The van der Waals surface area contributed by atoms with Crippen LogP contribution in [0.25, 0.3) is 10.9 Å². The number of rotatable bonds is 3. The van der Waals surface area contributed by atoms with E-state index in [4.69, 9.17) is 0 Å². The lowest BCUT2D eigenvalue weighted by Gasteiger charge is -2.03. The number of H-pyrrole nitrogens is 1. The van der Waals surface area contributed by atoms with Gasteiger partial charge < -0.3 is 10.3 Å². The van der Waals surface area contributed by atoms with E-state index in [0.717, 1.165) is 5.56 Å². The normalized spacial score (nSPS) is 10.5. The number of aromatic nitrogens is 1. The fraction of sp³-hybridized carbons (Fsp3) is 0.0588. The first-order valence-electron chi connectivity index (χ1n) is 6.68. The summed E-state index contributed by atoms with van der Waals surface area (Å²) in [5.41, 5.74) is 1.38. The van der Waals surface area contributed by atoms with Crippen LogP contribution in [0.1, 0.15) is 5.56 Å². The zero-order chi connectivity index (χ0) is 14.7. The molecular formula is C17H14N2O2. The Balaban J connectivity index is 2.02. The average Bonchev–Trinajstić information content (AvgIpc) is 2.63. The second-order valence-electron chi connectivity index (χ2n) is 4.76. The Hall–Kier alpha value is -2.88. The lowest BCUT2D eigenvalue weighted by atomic mass is 10.2. The van der Waals surface area contributed by atoms with E-state index in [1.165, 1.54) is 6.07 Å². The first-order valence-corrected chi connectivity index (χ1v) is 6.68. The highest BCUT2D eigenvalue weighted by atomic mass is 16.1. The Morgan fingerprint density at radius 3 is 2.43 bits per heavy atom. The minimum absolute atomic E-state index is 0.181. The third kappa shape index (κ3) is 2.84. The van der Waals surface area contributed by atoms with Gasteiger partial charge in [0.05, 0.1) is 5.52 Å². The van der Waals surface area contributed by atoms with E-state index >= 15 is 0 Å². The van der Waals surface area contributed by atoms with E-state index in [1.807, 2.05) is 30.3 Å². The summed E-state index contributed by atoms with van der Waals surface area (Å²) in [6, 6.07) is 18.0. The van der Waals surface area contributed by atoms with E-state index in [9.17, 15) is 9.59 Å². The van der Waals surface area contributed by atoms with Crippen LogP contribution in [0.4, 0.5) is 5.69 Å². The summed E-state index contributed by atoms with van der Waals surface area (Å²) in [5.74, 6) is 0. The van der Waals surface area contributed by atoms with Gasteiger partial charge in [-0.15, -0.1) is 0 Å². The predicted molar refractivity (Wildman–Crippen MR) is 84.6 cm³/mol. The molecule has 0 aliphatic rings. The Kier molecular flexibility index (Phi) is 3.51. The lowest BCUT2D eigenvalue weighted by Crippen LogP contribution is -2.12. The van der Waals surface area contributed by atoms with Crippen molar-refractivity contribution in [3.05, 3.63) is 86.8 Å². The van der Waals surface area contributed by atoms with Gasteiger partial charge in [0.15, 0.2) is 5.43 Å². The lowest BCUT2D eigenvalue weighted by molar-refractivity contribution is 1.13. The van der Waals surface area contributed by atoms with Gasteiger partial charge in [-0.3, -0.25) is 9.59 Å². The molecule has 1 aromatic heterocycles. The van der Waals surface area contributed by atoms with Crippen molar-refractivity contribution in [2.24, 2.45) is 0 Å². The van der Waals surface area contributed by atoms with Gasteiger partial charge in [-0.1, -0.05) is 42.5 Å². The number of nitrogens with one attached hydrogen (secondary N) is 2. The molecule has 2 aromatic carbocycles. The molecule has 0 atom stereocenters. The fourth-order valence-corrected chi connectivity index (χ4v) is 2.20. The third-order valence-corrected chi connectivity index (χ3v) is 3.29. The summed E-state index contributed by atoms with van der Waals surface area (Å²) in [6.07, 6.45) is 0. The van der Waals surface area contributed by atoms with Gasteiger partial charge in [0.25, 0.3) is 5.56 Å². The first kappa shape index (κ1) is 13.1. The van der Waals surface area contributed by atoms with Gasteiger partial charge in [-0.2, -0.15) is 0 Å². The fourth-order valence-electron chi connectivity index (χ4n) is 2.20. The van der Waals surface area contributed by atoms with Crippen LogP contribution < -0.4 is 16.3 Å². The predicted octanol–water partition coefficient (Wildman–Crippen LogP) is 2.50. The van der Waals surface area contributed by atoms with Crippen molar-refractivity contribution >= 4 is 16.6 Å². The quantitative estimate of drug-likeness (QED) is 0.773. The molecule has 0 bridgehead atoms. The molecule has 0 unspecified atom stereocenters. The number of para-hydroxylation sites is 1. The highest BCUT2D eigenvalue weighted by Crippen LogP contribution is 2.06. The van der Waals surface area contributed by atoms with Crippen LogP contribution >= 0.6 is 0 Å². The summed E-state index contributed by atoms with van der Waals surface area (Å²) in [5, 5.41) is 3.52. The van der Waals surface area contributed by atoms with E-state index in [-0.39, 0.29) is 16.7 Å². The van der Waals surface area contributed by atoms with Crippen molar-refractivity contribution in [1.82, 2.24) is 4.98 Å². The minimum Gasteiger partial charge on any atom is -0.376 e. The van der Waals surface area contributed by atoms with Crippen LogP contribution in [0.2, 0.25) is 0 Å². The highest BCUT2D eigenvalue weighted by Gasteiger charge is 2.03.